The zero-order valence-electron chi connectivity index (χ0n) is 5.76. The van der Waals surface area contributed by atoms with Gasteiger partial charge in [0.15, 0.2) is 0 Å². The van der Waals surface area contributed by atoms with E-state index in [-0.39, 0.29) is 0 Å². The maximum absolute atomic E-state index is 2.60. The third kappa shape index (κ3) is 9.26. The molecule has 12 heavy (non-hydrogen) atoms. The van der Waals surface area contributed by atoms with Gasteiger partial charge in [0.25, 0.3) is 0 Å². The van der Waals surface area contributed by atoms with Gasteiger partial charge in [0, 0.05) is 45.2 Å². The van der Waals surface area contributed by atoms with Gasteiger partial charge in [-0.05, 0) is 55.2 Å². The summed E-state index contributed by atoms with van der Waals surface area (Å²) in [6.45, 7) is 0. The molecule has 0 fully saturated rings. The van der Waals surface area contributed by atoms with Gasteiger partial charge in [-0.1, -0.05) is 0 Å². The lowest BCUT2D eigenvalue weighted by atomic mass is 10.5. The third-order valence-corrected chi connectivity index (χ3v) is 1.07. The maximum atomic E-state index is 2.60. The molecule has 0 N–H and O–H groups in total. The van der Waals surface area contributed by atoms with Gasteiger partial charge >= 0.3 is 0 Å². The van der Waals surface area contributed by atoms with Crippen molar-refractivity contribution in [1.82, 2.24) is 0 Å². The highest BCUT2D eigenvalue weighted by atomic mass is 127. The van der Waals surface area contributed by atoms with Crippen molar-refractivity contribution in [3.8, 4) is 55.2 Å². The monoisotopic (exact) mass is 374 g/mol. The predicted molar refractivity (Wildman–Crippen MR) is 66.9 cm³/mol. The van der Waals surface area contributed by atoms with Gasteiger partial charge < -0.3 is 0 Å². The van der Waals surface area contributed by atoms with Crippen molar-refractivity contribution in [2.24, 2.45) is 0 Å². The van der Waals surface area contributed by atoms with E-state index in [0.717, 1.165) is 0 Å². The first-order valence-corrected chi connectivity index (χ1v) is 4.79. The number of rotatable bonds is 0. The average Bonchev–Trinajstić information content (AvgIpc) is 2.10. The minimum absolute atomic E-state index is 1.91. The Morgan fingerprint density at radius 3 is 0.917 bits per heavy atom. The molecule has 0 rings (SSSR count). The Hall–Kier alpha value is -0.740. The number of hydrogen-bond acceptors (Lipinski definition) is 0. The Bertz CT molecular complexity index is 389. The molecule has 0 aromatic carbocycles. The van der Waals surface area contributed by atoms with Crippen LogP contribution < -0.4 is 0 Å². The lowest BCUT2D eigenvalue weighted by Crippen LogP contribution is -1.52. The molecular weight excluding hydrogens is 374 g/mol. The molecule has 0 heterocycles. The molecule has 2 heteroatoms. The van der Waals surface area contributed by atoms with Gasteiger partial charge in [-0.25, -0.2) is 0 Å². The van der Waals surface area contributed by atoms with Crippen LogP contribution >= 0.6 is 45.2 Å². The van der Waals surface area contributed by atoms with Crippen molar-refractivity contribution in [3.05, 3.63) is 0 Å². The zero-order chi connectivity index (χ0) is 9.07. The van der Waals surface area contributed by atoms with E-state index in [9.17, 15) is 0 Å². The molecule has 0 bridgehead atoms. The fourth-order valence-electron chi connectivity index (χ4n) is 0.235. The second-order valence-electron chi connectivity index (χ2n) is 1.19. The average molecular weight is 374 g/mol. The van der Waals surface area contributed by atoms with E-state index < -0.39 is 0 Å². The molecule has 0 nitrogen and oxygen atoms in total. The molecule has 0 unspecified atom stereocenters. The summed E-state index contributed by atoms with van der Waals surface area (Å²) in [6.07, 6.45) is 0. The quantitative estimate of drug-likeness (QED) is 0.448. The molecule has 0 aliphatic carbocycles. The van der Waals surface area contributed by atoms with E-state index in [0.29, 0.717) is 0 Å². The van der Waals surface area contributed by atoms with E-state index in [1.54, 1.807) is 0 Å². The summed E-state index contributed by atoms with van der Waals surface area (Å²) in [5.74, 6) is 20.2. The Morgan fingerprint density at radius 2 is 0.667 bits per heavy atom. The predicted octanol–water partition coefficient (Wildman–Crippen LogP) is 1.79. The minimum atomic E-state index is 1.91. The van der Waals surface area contributed by atoms with Gasteiger partial charge in [0.1, 0.15) is 0 Å². The minimum Gasteiger partial charge on any atom is -0.0162 e. The van der Waals surface area contributed by atoms with E-state index in [1.165, 1.54) is 0 Å². The van der Waals surface area contributed by atoms with Crippen LogP contribution in [0.25, 0.3) is 0 Å². The summed E-state index contributed by atoms with van der Waals surface area (Å²) in [5.41, 5.74) is 0. The summed E-state index contributed by atoms with van der Waals surface area (Å²) in [5, 5.41) is 0. The van der Waals surface area contributed by atoms with E-state index >= 15 is 0 Å². The van der Waals surface area contributed by atoms with Crippen LogP contribution in [0.3, 0.4) is 0 Å². The van der Waals surface area contributed by atoms with Crippen molar-refractivity contribution in [1.29, 1.82) is 0 Å². The first kappa shape index (κ1) is 11.3. The summed E-state index contributed by atoms with van der Waals surface area (Å²) in [7, 11) is 0. The Morgan fingerprint density at radius 1 is 0.417 bits per heavy atom. The van der Waals surface area contributed by atoms with Gasteiger partial charge in [-0.2, -0.15) is 0 Å². The fraction of sp³-hybridized carbons (Fsp3) is 0. The molecule has 0 radical (unpaired) electrons. The first-order chi connectivity index (χ1) is 5.91. The summed E-state index contributed by atoms with van der Waals surface area (Å²) < 4.78 is 5.20. The van der Waals surface area contributed by atoms with Crippen LogP contribution in [0.1, 0.15) is 0 Å². The number of hydrogen-bond donors (Lipinski definition) is 0. The molecule has 0 aliphatic rings. The lowest BCUT2D eigenvalue weighted by molar-refractivity contribution is 2.37. The normalized spacial score (nSPS) is 3.83. The lowest BCUT2D eigenvalue weighted by Gasteiger charge is -1.54. The van der Waals surface area contributed by atoms with Crippen LogP contribution in [0.15, 0.2) is 0 Å². The van der Waals surface area contributed by atoms with Crippen molar-refractivity contribution < 1.29 is 0 Å². The highest BCUT2D eigenvalue weighted by Crippen LogP contribution is 1.68. The third-order valence-electron chi connectivity index (χ3n) is 0.532. The summed E-state index contributed by atoms with van der Waals surface area (Å²) in [6, 6.07) is 0. The molecule has 0 aliphatic heterocycles. The van der Waals surface area contributed by atoms with Crippen LogP contribution in [0.2, 0.25) is 0 Å². The molecule has 0 spiro atoms. The highest BCUT2D eigenvalue weighted by Gasteiger charge is 1.54. The molecule has 0 amide bonds. The van der Waals surface area contributed by atoms with E-state index in [1.807, 2.05) is 45.2 Å². The Kier molecular flexibility index (Phi) is 9.63. The molecule has 0 saturated carbocycles. The second kappa shape index (κ2) is 10.3. The van der Waals surface area contributed by atoms with Crippen LogP contribution in [0, 0.1) is 55.2 Å². The van der Waals surface area contributed by atoms with Gasteiger partial charge in [0.2, 0.25) is 0 Å². The Labute approximate surface area is 99.5 Å². The maximum Gasteiger partial charge on any atom is 0.0192 e. The molecule has 54 valence electrons. The molecule has 0 atom stereocenters. The fourth-order valence-corrected chi connectivity index (χ4v) is 0.504. The van der Waals surface area contributed by atoms with Crippen molar-refractivity contribution in [3.63, 3.8) is 0 Å². The van der Waals surface area contributed by atoms with Crippen LogP contribution in [-0.4, -0.2) is 0 Å². The number of halogens is 2. The van der Waals surface area contributed by atoms with Gasteiger partial charge in [0.05, 0.1) is 0 Å². The zero-order valence-corrected chi connectivity index (χ0v) is 10.1. The van der Waals surface area contributed by atoms with Crippen LogP contribution in [0.5, 0.6) is 0 Å². The highest BCUT2D eigenvalue weighted by molar-refractivity contribution is 14.1. The van der Waals surface area contributed by atoms with Crippen molar-refractivity contribution in [2.75, 3.05) is 0 Å². The molecular formula is C10I2. The molecule has 0 aromatic heterocycles. The SMILES string of the molecule is IC#CC#CC#CC#CC#CI. The van der Waals surface area contributed by atoms with Crippen molar-refractivity contribution >= 4 is 45.2 Å². The molecule has 0 aromatic rings. The Balaban J connectivity index is 4.07. The molecule has 0 saturated heterocycles. The summed E-state index contributed by atoms with van der Waals surface area (Å²) >= 11 is 3.82. The van der Waals surface area contributed by atoms with Gasteiger partial charge in [-0.3, -0.25) is 0 Å². The van der Waals surface area contributed by atoms with Gasteiger partial charge in [-0.15, -0.1) is 0 Å². The standard InChI is InChI=1S/C10I2/c11-9-7-5-3-1-2-4-6-8-10-12. The van der Waals surface area contributed by atoms with E-state index in [4.69, 9.17) is 0 Å². The largest absolute Gasteiger partial charge is 0.0192 e. The first-order valence-electron chi connectivity index (χ1n) is 2.63. The smallest absolute Gasteiger partial charge is 0.0162 e. The summed E-state index contributed by atoms with van der Waals surface area (Å²) in [4.78, 5) is 0. The topological polar surface area (TPSA) is 0 Å². The van der Waals surface area contributed by atoms with Crippen LogP contribution in [0.4, 0.5) is 0 Å². The van der Waals surface area contributed by atoms with Crippen molar-refractivity contribution in [2.45, 2.75) is 0 Å². The van der Waals surface area contributed by atoms with E-state index in [2.05, 4.69) is 55.2 Å². The van der Waals surface area contributed by atoms with Crippen LogP contribution in [-0.2, 0) is 0 Å². The second-order valence-corrected chi connectivity index (χ2v) is 2.27.